The van der Waals surface area contributed by atoms with E-state index in [0.717, 1.165) is 10.9 Å². The minimum Gasteiger partial charge on any atom is -0.293 e. The maximum Gasteiger partial charge on any atom is 0.269 e. The van der Waals surface area contributed by atoms with Crippen molar-refractivity contribution < 1.29 is 4.92 Å². The molecule has 25 heavy (non-hydrogen) atoms. The lowest BCUT2D eigenvalue weighted by Crippen LogP contribution is -2.35. The van der Waals surface area contributed by atoms with Gasteiger partial charge < -0.3 is 0 Å². The van der Waals surface area contributed by atoms with Gasteiger partial charge in [-0.3, -0.25) is 15.0 Å². The molecule has 2 saturated heterocycles. The summed E-state index contributed by atoms with van der Waals surface area (Å²) in [7, 11) is 0. The standard InChI is InChI=1S/C20H22N2O2S/c23-22(24)17-6-11-19(12-7-17)25-18-9-4-15(5-10-18)20-13-8-16-3-1-2-14-21(16)20/h4-7,9-12,16,20H,1-3,8,13-14H2. The van der Waals surface area contributed by atoms with Crippen LogP contribution in [0.15, 0.2) is 58.3 Å². The highest BCUT2D eigenvalue weighted by Crippen LogP contribution is 2.41. The Bertz CT molecular complexity index is 745. The first-order valence-electron chi connectivity index (χ1n) is 8.99. The zero-order valence-electron chi connectivity index (χ0n) is 14.1. The molecule has 5 heteroatoms. The van der Waals surface area contributed by atoms with Gasteiger partial charge in [-0.05, 0) is 62.1 Å². The third-order valence-corrected chi connectivity index (χ3v) is 6.41. The van der Waals surface area contributed by atoms with E-state index in [9.17, 15) is 10.1 Å². The van der Waals surface area contributed by atoms with E-state index in [0.29, 0.717) is 6.04 Å². The highest BCUT2D eigenvalue weighted by atomic mass is 32.2. The molecule has 2 aliphatic heterocycles. The summed E-state index contributed by atoms with van der Waals surface area (Å²) in [6.07, 6.45) is 6.70. The first-order valence-corrected chi connectivity index (χ1v) is 9.80. The zero-order chi connectivity index (χ0) is 17.2. The Morgan fingerprint density at radius 1 is 0.920 bits per heavy atom. The van der Waals surface area contributed by atoms with Crippen LogP contribution in [-0.4, -0.2) is 22.4 Å². The smallest absolute Gasteiger partial charge is 0.269 e. The number of rotatable bonds is 4. The van der Waals surface area contributed by atoms with Gasteiger partial charge in [-0.25, -0.2) is 0 Å². The number of fused-ring (bicyclic) bond motifs is 1. The molecule has 2 heterocycles. The highest BCUT2D eigenvalue weighted by molar-refractivity contribution is 7.99. The monoisotopic (exact) mass is 354 g/mol. The summed E-state index contributed by atoms with van der Waals surface area (Å²) in [5.41, 5.74) is 1.56. The van der Waals surface area contributed by atoms with E-state index < -0.39 is 0 Å². The summed E-state index contributed by atoms with van der Waals surface area (Å²) in [6.45, 7) is 1.24. The molecule has 2 aromatic carbocycles. The average Bonchev–Trinajstić information content (AvgIpc) is 3.07. The Hall–Kier alpha value is -1.85. The molecule has 0 aromatic heterocycles. The second-order valence-corrected chi connectivity index (χ2v) is 8.05. The number of hydrogen-bond acceptors (Lipinski definition) is 4. The predicted octanol–water partition coefficient (Wildman–Crippen LogP) is 5.44. The van der Waals surface area contributed by atoms with Gasteiger partial charge in [0.25, 0.3) is 5.69 Å². The van der Waals surface area contributed by atoms with Crippen molar-refractivity contribution in [1.82, 2.24) is 4.90 Å². The number of piperidine rings is 1. The molecule has 2 fully saturated rings. The van der Waals surface area contributed by atoms with Crippen LogP contribution in [0.25, 0.3) is 0 Å². The largest absolute Gasteiger partial charge is 0.293 e. The van der Waals surface area contributed by atoms with Crippen molar-refractivity contribution in [3.63, 3.8) is 0 Å². The van der Waals surface area contributed by atoms with Crippen LogP contribution in [0.4, 0.5) is 5.69 Å². The van der Waals surface area contributed by atoms with Crippen LogP contribution >= 0.6 is 11.8 Å². The quantitative estimate of drug-likeness (QED) is 0.542. The van der Waals surface area contributed by atoms with Crippen LogP contribution in [0.5, 0.6) is 0 Å². The SMILES string of the molecule is O=[N+]([O-])c1ccc(Sc2ccc(C3CCC4CCCCN43)cc2)cc1. The van der Waals surface area contributed by atoms with Gasteiger partial charge in [0, 0.05) is 34.0 Å². The van der Waals surface area contributed by atoms with Gasteiger partial charge in [0.2, 0.25) is 0 Å². The summed E-state index contributed by atoms with van der Waals surface area (Å²) < 4.78 is 0. The van der Waals surface area contributed by atoms with Crippen LogP contribution in [0.2, 0.25) is 0 Å². The fourth-order valence-corrected chi connectivity index (χ4v) is 4.96. The van der Waals surface area contributed by atoms with E-state index in [1.165, 1.54) is 49.1 Å². The van der Waals surface area contributed by atoms with Crippen molar-refractivity contribution in [2.24, 2.45) is 0 Å². The van der Waals surface area contributed by atoms with Crippen molar-refractivity contribution in [1.29, 1.82) is 0 Å². The minimum absolute atomic E-state index is 0.136. The molecule has 2 atom stereocenters. The van der Waals surface area contributed by atoms with E-state index in [-0.39, 0.29) is 10.6 Å². The van der Waals surface area contributed by atoms with Gasteiger partial charge in [-0.2, -0.15) is 0 Å². The molecule has 0 amide bonds. The lowest BCUT2D eigenvalue weighted by molar-refractivity contribution is -0.384. The molecule has 2 aromatic rings. The Balaban J connectivity index is 1.44. The van der Waals surface area contributed by atoms with Crippen LogP contribution in [0.1, 0.15) is 43.7 Å². The molecule has 0 radical (unpaired) electrons. The second-order valence-electron chi connectivity index (χ2n) is 6.90. The summed E-state index contributed by atoms with van der Waals surface area (Å²) >= 11 is 1.65. The van der Waals surface area contributed by atoms with Gasteiger partial charge in [-0.15, -0.1) is 0 Å². The Kier molecular flexibility index (Phi) is 4.77. The molecule has 0 N–H and O–H groups in total. The topological polar surface area (TPSA) is 46.4 Å². The lowest BCUT2D eigenvalue weighted by Gasteiger charge is -2.34. The molecule has 0 saturated carbocycles. The number of nitrogens with zero attached hydrogens (tertiary/aromatic N) is 2. The van der Waals surface area contributed by atoms with Crippen molar-refractivity contribution in [3.8, 4) is 0 Å². The average molecular weight is 354 g/mol. The van der Waals surface area contributed by atoms with E-state index in [1.54, 1.807) is 23.9 Å². The Morgan fingerprint density at radius 3 is 2.28 bits per heavy atom. The molecule has 4 rings (SSSR count). The third-order valence-electron chi connectivity index (χ3n) is 5.39. The first kappa shape index (κ1) is 16.6. The van der Waals surface area contributed by atoms with E-state index in [4.69, 9.17) is 0 Å². The highest BCUT2D eigenvalue weighted by Gasteiger charge is 2.35. The predicted molar refractivity (Wildman–Crippen MR) is 100.0 cm³/mol. The fraction of sp³-hybridized carbons (Fsp3) is 0.400. The van der Waals surface area contributed by atoms with Gasteiger partial charge >= 0.3 is 0 Å². The minimum atomic E-state index is -0.362. The fourth-order valence-electron chi connectivity index (χ4n) is 4.15. The third kappa shape index (κ3) is 3.58. The maximum absolute atomic E-state index is 10.7. The lowest BCUT2D eigenvalue weighted by atomic mass is 10.0. The summed E-state index contributed by atoms with van der Waals surface area (Å²) in [4.78, 5) is 15.3. The van der Waals surface area contributed by atoms with Crippen LogP contribution in [-0.2, 0) is 0 Å². The Labute approximate surface area is 152 Å². The summed E-state index contributed by atoms with van der Waals surface area (Å²) in [5.74, 6) is 0. The van der Waals surface area contributed by atoms with Crippen LogP contribution < -0.4 is 0 Å². The molecular formula is C20H22N2O2S. The molecule has 130 valence electrons. The number of hydrogen-bond donors (Lipinski definition) is 0. The molecular weight excluding hydrogens is 332 g/mol. The second kappa shape index (κ2) is 7.18. The summed E-state index contributed by atoms with van der Waals surface area (Å²) in [6, 6.07) is 17.0. The van der Waals surface area contributed by atoms with Gasteiger partial charge in [-0.1, -0.05) is 30.3 Å². The Morgan fingerprint density at radius 2 is 1.60 bits per heavy atom. The number of nitro groups is 1. The van der Waals surface area contributed by atoms with Crippen molar-refractivity contribution >= 4 is 17.4 Å². The van der Waals surface area contributed by atoms with Crippen molar-refractivity contribution in [2.45, 2.75) is 54.0 Å². The van der Waals surface area contributed by atoms with Crippen molar-refractivity contribution in [2.75, 3.05) is 6.54 Å². The first-order chi connectivity index (χ1) is 12.2. The van der Waals surface area contributed by atoms with E-state index >= 15 is 0 Å². The summed E-state index contributed by atoms with van der Waals surface area (Å²) in [5, 5.41) is 10.7. The van der Waals surface area contributed by atoms with Crippen molar-refractivity contribution in [3.05, 3.63) is 64.2 Å². The molecule has 2 unspecified atom stereocenters. The van der Waals surface area contributed by atoms with Gasteiger partial charge in [0.15, 0.2) is 0 Å². The molecule has 0 aliphatic carbocycles. The number of benzene rings is 2. The molecule has 2 aliphatic rings. The van der Waals surface area contributed by atoms with Gasteiger partial charge in [0.1, 0.15) is 0 Å². The zero-order valence-corrected chi connectivity index (χ0v) is 15.0. The number of nitro benzene ring substituents is 1. The maximum atomic E-state index is 10.7. The molecule has 0 bridgehead atoms. The van der Waals surface area contributed by atoms with Gasteiger partial charge in [0.05, 0.1) is 4.92 Å². The van der Waals surface area contributed by atoms with E-state index in [2.05, 4.69) is 29.2 Å². The molecule has 0 spiro atoms. The van der Waals surface area contributed by atoms with E-state index in [1.807, 2.05) is 12.1 Å². The molecule has 4 nitrogen and oxygen atoms in total. The van der Waals surface area contributed by atoms with Crippen LogP contribution in [0, 0.1) is 10.1 Å². The van der Waals surface area contributed by atoms with Crippen LogP contribution in [0.3, 0.4) is 0 Å². The number of non-ortho nitro benzene ring substituents is 1. The normalized spacial score (nSPS) is 23.4.